The molecule has 0 heterocycles. The van der Waals surface area contributed by atoms with Crippen LogP contribution in [0, 0.1) is 0 Å². The van der Waals surface area contributed by atoms with Crippen molar-refractivity contribution in [3.05, 3.63) is 35.4 Å². The number of benzene rings is 1. The lowest BCUT2D eigenvalue weighted by Gasteiger charge is -2.24. The summed E-state index contributed by atoms with van der Waals surface area (Å²) in [6.07, 6.45) is 0. The Labute approximate surface area is 112 Å². The molecule has 0 aliphatic carbocycles. The van der Waals surface area contributed by atoms with Crippen LogP contribution in [0.5, 0.6) is 0 Å². The quantitative estimate of drug-likeness (QED) is 0.808. The topological polar surface area (TPSA) is 24.1 Å². The van der Waals surface area contributed by atoms with Crippen LogP contribution < -0.4 is 10.6 Å². The Morgan fingerprint density at radius 2 is 1.83 bits per heavy atom. The van der Waals surface area contributed by atoms with E-state index < -0.39 is 0 Å². The van der Waals surface area contributed by atoms with Crippen molar-refractivity contribution in [2.75, 3.05) is 13.1 Å². The van der Waals surface area contributed by atoms with E-state index >= 15 is 0 Å². The zero-order chi connectivity index (χ0) is 13.6. The Balaban J connectivity index is 2.62. The van der Waals surface area contributed by atoms with Crippen LogP contribution in [0.1, 0.15) is 45.7 Å². The Bertz CT molecular complexity index is 352. The van der Waals surface area contributed by atoms with Crippen molar-refractivity contribution in [1.29, 1.82) is 0 Å². The monoisotopic (exact) mass is 248 g/mol. The molecule has 1 unspecified atom stereocenters. The summed E-state index contributed by atoms with van der Waals surface area (Å²) in [6, 6.07) is 9.23. The van der Waals surface area contributed by atoms with Crippen LogP contribution in [0.25, 0.3) is 0 Å². The van der Waals surface area contributed by atoms with E-state index in [-0.39, 0.29) is 5.41 Å². The summed E-state index contributed by atoms with van der Waals surface area (Å²) >= 11 is 0. The largest absolute Gasteiger partial charge is 0.315 e. The summed E-state index contributed by atoms with van der Waals surface area (Å²) in [7, 11) is 0. The average molecular weight is 248 g/mol. The lowest BCUT2D eigenvalue weighted by atomic mass is 9.84. The lowest BCUT2D eigenvalue weighted by Crippen LogP contribution is -2.36. The summed E-state index contributed by atoms with van der Waals surface area (Å²) in [6.45, 7) is 14.2. The lowest BCUT2D eigenvalue weighted by molar-refractivity contribution is 0.501. The second-order valence-corrected chi connectivity index (χ2v) is 6.00. The molecule has 2 heteroatoms. The number of hydrogen-bond acceptors (Lipinski definition) is 2. The molecule has 1 aromatic carbocycles. The maximum absolute atomic E-state index is 3.58. The van der Waals surface area contributed by atoms with E-state index in [4.69, 9.17) is 0 Å². The minimum absolute atomic E-state index is 0.211. The highest BCUT2D eigenvalue weighted by Crippen LogP contribution is 2.25. The molecule has 0 bridgehead atoms. The van der Waals surface area contributed by atoms with Gasteiger partial charge in [0.2, 0.25) is 0 Å². The molecule has 2 nitrogen and oxygen atoms in total. The van der Waals surface area contributed by atoms with Crippen LogP contribution in [0.2, 0.25) is 0 Å². The van der Waals surface area contributed by atoms with E-state index in [9.17, 15) is 0 Å². The normalized spacial score (nSPS) is 13.6. The van der Waals surface area contributed by atoms with E-state index in [1.54, 1.807) is 0 Å². The first-order valence-corrected chi connectivity index (χ1v) is 6.97. The van der Waals surface area contributed by atoms with E-state index in [1.165, 1.54) is 11.1 Å². The average Bonchev–Trinajstić information content (AvgIpc) is 2.33. The number of rotatable bonds is 6. The first-order valence-electron chi connectivity index (χ1n) is 6.97. The number of nitrogens with one attached hydrogen (secondary N) is 2. The fourth-order valence-corrected chi connectivity index (χ4v) is 2.12. The standard InChI is InChI=1S/C16H28N2/c1-6-17-11-13(2)18-12-14-9-7-8-10-15(14)16(3,4)5/h7-10,13,17-18H,6,11-12H2,1-5H3. The molecule has 1 aromatic rings. The smallest absolute Gasteiger partial charge is 0.0211 e. The van der Waals surface area contributed by atoms with Gasteiger partial charge in [0.05, 0.1) is 0 Å². The molecule has 0 amide bonds. The van der Waals surface area contributed by atoms with Crippen LogP contribution >= 0.6 is 0 Å². The van der Waals surface area contributed by atoms with E-state index in [2.05, 4.69) is 69.5 Å². The van der Waals surface area contributed by atoms with Crippen LogP contribution in [0.3, 0.4) is 0 Å². The molecule has 102 valence electrons. The van der Waals surface area contributed by atoms with Crippen LogP contribution in [-0.4, -0.2) is 19.1 Å². The molecule has 0 spiro atoms. The van der Waals surface area contributed by atoms with Gasteiger partial charge in [-0.25, -0.2) is 0 Å². The van der Waals surface area contributed by atoms with Crippen molar-refractivity contribution in [2.24, 2.45) is 0 Å². The van der Waals surface area contributed by atoms with Gasteiger partial charge in [0.25, 0.3) is 0 Å². The van der Waals surface area contributed by atoms with Crippen molar-refractivity contribution in [2.45, 2.75) is 52.6 Å². The molecule has 0 saturated heterocycles. The van der Waals surface area contributed by atoms with Gasteiger partial charge < -0.3 is 10.6 Å². The highest BCUT2D eigenvalue weighted by atomic mass is 15.0. The molecule has 0 aliphatic rings. The van der Waals surface area contributed by atoms with Crippen LogP contribution in [0.4, 0.5) is 0 Å². The summed E-state index contributed by atoms with van der Waals surface area (Å²) in [5.74, 6) is 0. The van der Waals surface area contributed by atoms with E-state index in [1.807, 2.05) is 0 Å². The minimum Gasteiger partial charge on any atom is -0.315 e. The van der Waals surface area contributed by atoms with Gasteiger partial charge in [0.1, 0.15) is 0 Å². The number of hydrogen-bond donors (Lipinski definition) is 2. The Kier molecular flexibility index (Phi) is 5.83. The predicted octanol–water partition coefficient (Wildman–Crippen LogP) is 3.07. The molecule has 2 N–H and O–H groups in total. The van der Waals surface area contributed by atoms with Crippen LogP contribution in [0.15, 0.2) is 24.3 Å². The Hall–Kier alpha value is -0.860. The summed E-state index contributed by atoms with van der Waals surface area (Å²) in [5, 5.41) is 6.95. The van der Waals surface area contributed by atoms with E-state index in [0.29, 0.717) is 6.04 Å². The zero-order valence-corrected chi connectivity index (χ0v) is 12.5. The molecular weight excluding hydrogens is 220 g/mol. The van der Waals surface area contributed by atoms with Crippen molar-refractivity contribution >= 4 is 0 Å². The van der Waals surface area contributed by atoms with Gasteiger partial charge in [-0.05, 0) is 30.0 Å². The fourth-order valence-electron chi connectivity index (χ4n) is 2.12. The van der Waals surface area contributed by atoms with Crippen LogP contribution in [-0.2, 0) is 12.0 Å². The third-order valence-electron chi connectivity index (χ3n) is 3.17. The molecule has 1 rings (SSSR count). The molecule has 0 aromatic heterocycles. The van der Waals surface area contributed by atoms with E-state index in [0.717, 1.165) is 19.6 Å². The minimum atomic E-state index is 0.211. The second kappa shape index (κ2) is 6.91. The predicted molar refractivity (Wildman–Crippen MR) is 80.0 cm³/mol. The summed E-state index contributed by atoms with van der Waals surface area (Å²) in [4.78, 5) is 0. The molecule has 18 heavy (non-hydrogen) atoms. The second-order valence-electron chi connectivity index (χ2n) is 6.00. The summed E-state index contributed by atoms with van der Waals surface area (Å²) < 4.78 is 0. The first kappa shape index (κ1) is 15.2. The molecule has 0 fully saturated rings. The maximum Gasteiger partial charge on any atom is 0.0211 e. The highest BCUT2D eigenvalue weighted by Gasteiger charge is 2.17. The van der Waals surface area contributed by atoms with Gasteiger partial charge in [-0.15, -0.1) is 0 Å². The van der Waals surface area contributed by atoms with Crippen molar-refractivity contribution in [1.82, 2.24) is 10.6 Å². The molecule has 0 radical (unpaired) electrons. The van der Waals surface area contributed by atoms with Crippen molar-refractivity contribution in [3.63, 3.8) is 0 Å². The van der Waals surface area contributed by atoms with Gasteiger partial charge in [0.15, 0.2) is 0 Å². The van der Waals surface area contributed by atoms with Gasteiger partial charge in [-0.3, -0.25) is 0 Å². The molecule has 0 aliphatic heterocycles. The SMILES string of the molecule is CCNCC(C)NCc1ccccc1C(C)(C)C. The fraction of sp³-hybridized carbons (Fsp3) is 0.625. The van der Waals surface area contributed by atoms with Crippen molar-refractivity contribution < 1.29 is 0 Å². The maximum atomic E-state index is 3.58. The molecule has 0 saturated carbocycles. The summed E-state index contributed by atoms with van der Waals surface area (Å²) in [5.41, 5.74) is 3.06. The zero-order valence-electron chi connectivity index (χ0n) is 12.5. The van der Waals surface area contributed by atoms with Gasteiger partial charge in [0, 0.05) is 19.1 Å². The van der Waals surface area contributed by atoms with Gasteiger partial charge >= 0.3 is 0 Å². The van der Waals surface area contributed by atoms with Gasteiger partial charge in [-0.1, -0.05) is 52.0 Å². The van der Waals surface area contributed by atoms with Crippen molar-refractivity contribution in [3.8, 4) is 0 Å². The Morgan fingerprint density at radius 1 is 1.17 bits per heavy atom. The third-order valence-corrected chi connectivity index (χ3v) is 3.17. The first-order chi connectivity index (χ1) is 8.45. The Morgan fingerprint density at radius 3 is 2.44 bits per heavy atom. The highest BCUT2D eigenvalue weighted by molar-refractivity contribution is 5.32. The van der Waals surface area contributed by atoms with Gasteiger partial charge in [-0.2, -0.15) is 0 Å². The number of likely N-dealkylation sites (N-methyl/N-ethyl adjacent to an activating group) is 1. The third kappa shape index (κ3) is 4.79. The molecular formula is C16H28N2. The molecule has 1 atom stereocenters.